The molecule has 3 aromatic carbocycles. The molecule has 5 rings (SSSR count). The molecule has 5 atom stereocenters. The minimum Gasteiger partial charge on any atom is -0.497 e. The first-order valence-electron chi connectivity index (χ1n) is 16.4. The summed E-state index contributed by atoms with van der Waals surface area (Å²) < 4.78 is 17.4. The van der Waals surface area contributed by atoms with Crippen LogP contribution < -0.4 is 20.0 Å². The standard InChI is InChI=1S/C37H48N2O6Si/c1-25-33(21-10-26-8-13-28(14-9-26)38-37(42)27-11-15-30(43-2)16-12-27)45-34(23-35(41)39-22-6-7-29(39)24-40)36(25)46(4,5)32-19-17-31(44-3)18-20-32/h8-9,11-20,25,29,33-34,36,40H,6-7,10,21-24H2,1-5H3,(H,38,42)/t25-,29+,33+,34-,36+/m1/s1. The predicted octanol–water partition coefficient (Wildman–Crippen LogP) is 5.65. The quantitative estimate of drug-likeness (QED) is 0.248. The second-order valence-corrected chi connectivity index (χ2v) is 17.9. The highest BCUT2D eigenvalue weighted by atomic mass is 28.3. The molecule has 0 saturated carbocycles. The van der Waals surface area contributed by atoms with Crippen LogP contribution >= 0.6 is 0 Å². The second kappa shape index (κ2) is 14.8. The molecule has 2 aliphatic heterocycles. The van der Waals surface area contributed by atoms with Gasteiger partial charge in [0.25, 0.3) is 5.91 Å². The number of hydrogen-bond acceptors (Lipinski definition) is 6. The Morgan fingerprint density at radius 1 is 0.935 bits per heavy atom. The third-order valence-electron chi connectivity index (χ3n) is 10.1. The van der Waals surface area contributed by atoms with Gasteiger partial charge < -0.3 is 29.5 Å². The number of benzene rings is 3. The van der Waals surface area contributed by atoms with Crippen LogP contribution in [-0.2, 0) is 16.0 Å². The van der Waals surface area contributed by atoms with Crippen molar-refractivity contribution in [3.63, 3.8) is 0 Å². The molecule has 0 unspecified atom stereocenters. The minimum atomic E-state index is -2.09. The SMILES string of the molecule is COc1ccc(C(=O)Nc2ccc(CC[C@@H]3O[C@H](CC(=O)N4CCC[C@H]4CO)[C@@H]([Si](C)(C)c4ccc(OC)cc4)[C@@H]3C)cc2)cc1. The van der Waals surface area contributed by atoms with Crippen molar-refractivity contribution in [2.75, 3.05) is 32.7 Å². The molecule has 2 N–H and O–H groups in total. The van der Waals surface area contributed by atoms with Crippen LogP contribution in [0.4, 0.5) is 5.69 Å². The Morgan fingerprint density at radius 2 is 1.57 bits per heavy atom. The van der Waals surface area contributed by atoms with E-state index >= 15 is 0 Å². The average molecular weight is 645 g/mol. The Bertz CT molecular complexity index is 1460. The fourth-order valence-electron chi connectivity index (χ4n) is 7.50. The molecule has 0 aromatic heterocycles. The molecule has 2 saturated heterocycles. The van der Waals surface area contributed by atoms with Crippen molar-refractivity contribution in [2.45, 2.75) is 75.9 Å². The maximum atomic E-state index is 13.6. The molecule has 9 heteroatoms. The molecule has 3 aromatic rings. The van der Waals surface area contributed by atoms with Gasteiger partial charge in [0, 0.05) is 17.8 Å². The molecule has 0 radical (unpaired) electrons. The molecular weight excluding hydrogens is 597 g/mol. The van der Waals surface area contributed by atoms with Crippen molar-refractivity contribution in [3.05, 3.63) is 83.9 Å². The van der Waals surface area contributed by atoms with E-state index in [0.29, 0.717) is 24.3 Å². The molecule has 2 aliphatic rings. The van der Waals surface area contributed by atoms with E-state index in [9.17, 15) is 14.7 Å². The number of rotatable bonds is 12. The zero-order valence-electron chi connectivity index (χ0n) is 27.7. The minimum absolute atomic E-state index is 0.00969. The number of methoxy groups -OCH3 is 2. The predicted molar refractivity (Wildman–Crippen MR) is 184 cm³/mol. The van der Waals surface area contributed by atoms with E-state index in [-0.39, 0.29) is 48.1 Å². The van der Waals surface area contributed by atoms with Gasteiger partial charge in [0.1, 0.15) is 11.5 Å². The number of aliphatic hydroxyl groups is 1. The molecule has 2 amide bonds. The van der Waals surface area contributed by atoms with E-state index in [1.165, 1.54) is 10.8 Å². The normalized spacial score (nSPS) is 22.9. The summed E-state index contributed by atoms with van der Waals surface area (Å²) in [5.74, 6) is 1.74. The van der Waals surface area contributed by atoms with Crippen molar-refractivity contribution in [3.8, 4) is 11.5 Å². The number of nitrogens with one attached hydrogen (secondary N) is 1. The van der Waals surface area contributed by atoms with Gasteiger partial charge in [-0.2, -0.15) is 0 Å². The monoisotopic (exact) mass is 644 g/mol. The molecule has 2 fully saturated rings. The van der Waals surface area contributed by atoms with Gasteiger partial charge in [0.15, 0.2) is 0 Å². The fraction of sp³-hybridized carbons (Fsp3) is 0.459. The lowest BCUT2D eigenvalue weighted by atomic mass is 9.95. The Hall–Kier alpha value is -3.66. The van der Waals surface area contributed by atoms with E-state index in [2.05, 4.69) is 49.6 Å². The largest absolute Gasteiger partial charge is 0.497 e. The highest BCUT2D eigenvalue weighted by molar-refractivity contribution is 6.91. The molecule has 8 nitrogen and oxygen atoms in total. The molecular formula is C37H48N2O6Si. The summed E-state index contributed by atoms with van der Waals surface area (Å²) in [5, 5.41) is 14.2. The van der Waals surface area contributed by atoms with Crippen molar-refractivity contribution in [2.24, 2.45) is 5.92 Å². The van der Waals surface area contributed by atoms with E-state index in [1.54, 1.807) is 38.5 Å². The number of aryl methyl sites for hydroxylation is 1. The van der Waals surface area contributed by atoms with Crippen LogP contribution in [0.15, 0.2) is 72.8 Å². The first-order valence-corrected chi connectivity index (χ1v) is 19.5. The van der Waals surface area contributed by atoms with E-state index in [0.717, 1.165) is 37.1 Å². The van der Waals surface area contributed by atoms with Gasteiger partial charge in [-0.3, -0.25) is 9.59 Å². The average Bonchev–Trinajstić information content (AvgIpc) is 3.68. The molecule has 0 aliphatic carbocycles. The molecule has 0 spiro atoms. The zero-order chi connectivity index (χ0) is 32.8. The number of hydrogen-bond donors (Lipinski definition) is 2. The molecule has 46 heavy (non-hydrogen) atoms. The maximum Gasteiger partial charge on any atom is 0.255 e. The number of ether oxygens (including phenoxy) is 3. The summed E-state index contributed by atoms with van der Waals surface area (Å²) in [4.78, 5) is 28.1. The summed E-state index contributed by atoms with van der Waals surface area (Å²) in [6, 6.07) is 23.4. The number of anilines is 1. The van der Waals surface area contributed by atoms with Gasteiger partial charge in [0.05, 0.1) is 53.6 Å². The zero-order valence-corrected chi connectivity index (χ0v) is 28.7. The van der Waals surface area contributed by atoms with E-state index < -0.39 is 8.07 Å². The first-order chi connectivity index (χ1) is 22.1. The summed E-state index contributed by atoms with van der Waals surface area (Å²) in [6.45, 7) is 7.80. The lowest BCUT2D eigenvalue weighted by molar-refractivity contribution is -0.135. The van der Waals surface area contributed by atoms with Crippen molar-refractivity contribution < 1.29 is 28.9 Å². The number of likely N-dealkylation sites (tertiary alicyclic amines) is 1. The summed E-state index contributed by atoms with van der Waals surface area (Å²) in [5.41, 5.74) is 2.73. The lowest BCUT2D eigenvalue weighted by Crippen LogP contribution is -2.51. The van der Waals surface area contributed by atoms with E-state index in [4.69, 9.17) is 14.2 Å². The Kier molecular flexibility index (Phi) is 10.9. The Morgan fingerprint density at radius 3 is 2.17 bits per heavy atom. The first kappa shape index (κ1) is 33.7. The van der Waals surface area contributed by atoms with Crippen LogP contribution in [0.1, 0.15) is 48.5 Å². The number of amides is 2. The highest BCUT2D eigenvalue weighted by Gasteiger charge is 2.51. The summed E-state index contributed by atoms with van der Waals surface area (Å²) >= 11 is 0. The molecule has 2 heterocycles. The second-order valence-electron chi connectivity index (χ2n) is 13.2. The maximum absolute atomic E-state index is 13.6. The number of carbonyl (C=O) groups is 2. The van der Waals surface area contributed by atoms with Gasteiger partial charge >= 0.3 is 0 Å². The third-order valence-corrected chi connectivity index (χ3v) is 14.5. The Balaban J connectivity index is 1.27. The van der Waals surface area contributed by atoms with Gasteiger partial charge in [-0.25, -0.2) is 0 Å². The lowest BCUT2D eigenvalue weighted by Gasteiger charge is -2.36. The highest BCUT2D eigenvalue weighted by Crippen LogP contribution is 2.46. The van der Waals surface area contributed by atoms with Crippen molar-refractivity contribution in [1.29, 1.82) is 0 Å². The van der Waals surface area contributed by atoms with Crippen LogP contribution in [0.2, 0.25) is 18.6 Å². The smallest absolute Gasteiger partial charge is 0.255 e. The van der Waals surface area contributed by atoms with Crippen LogP contribution in [0.25, 0.3) is 0 Å². The van der Waals surface area contributed by atoms with Crippen molar-refractivity contribution in [1.82, 2.24) is 4.90 Å². The number of nitrogens with zero attached hydrogens (tertiary/aromatic N) is 1. The molecule has 246 valence electrons. The van der Waals surface area contributed by atoms with Crippen LogP contribution in [0.3, 0.4) is 0 Å². The number of aliphatic hydroxyl groups excluding tert-OH is 1. The van der Waals surface area contributed by atoms with Crippen LogP contribution in [0, 0.1) is 5.92 Å². The summed E-state index contributed by atoms with van der Waals surface area (Å²) in [6.07, 6.45) is 3.65. The Labute approximate surface area is 274 Å². The van der Waals surface area contributed by atoms with Crippen LogP contribution in [0.5, 0.6) is 11.5 Å². The van der Waals surface area contributed by atoms with Gasteiger partial charge in [0.2, 0.25) is 5.91 Å². The fourth-order valence-corrected chi connectivity index (χ4v) is 11.6. The number of carbonyl (C=O) groups excluding carboxylic acids is 2. The van der Waals surface area contributed by atoms with Gasteiger partial charge in [-0.15, -0.1) is 0 Å². The van der Waals surface area contributed by atoms with Gasteiger partial charge in [-0.05, 0) is 91.2 Å². The van der Waals surface area contributed by atoms with E-state index in [1.807, 2.05) is 29.2 Å². The van der Waals surface area contributed by atoms with Crippen LogP contribution in [-0.4, -0.2) is 75.5 Å². The summed E-state index contributed by atoms with van der Waals surface area (Å²) in [7, 11) is 1.19. The topological polar surface area (TPSA) is 97.3 Å². The van der Waals surface area contributed by atoms with Crippen molar-refractivity contribution >= 4 is 30.8 Å². The molecule has 0 bridgehead atoms. The third kappa shape index (κ3) is 7.48. The van der Waals surface area contributed by atoms with Gasteiger partial charge in [-0.1, -0.05) is 49.5 Å².